The highest BCUT2D eigenvalue weighted by atomic mass is 35.5. The quantitative estimate of drug-likeness (QED) is 0.611. The zero-order valence-corrected chi connectivity index (χ0v) is 8.72. The van der Waals surface area contributed by atoms with Crippen LogP contribution in [0.15, 0.2) is 0 Å². The highest BCUT2D eigenvalue weighted by Gasteiger charge is 0.669. The van der Waals surface area contributed by atoms with Gasteiger partial charge in [0.2, 0.25) is 0 Å². The van der Waals surface area contributed by atoms with Gasteiger partial charge in [-0.15, -0.1) is 49.6 Å². The van der Waals surface area contributed by atoms with Crippen molar-refractivity contribution < 1.29 is 9.13 Å². The molecule has 8 heavy (non-hydrogen) atoms. The fourth-order valence-electron chi connectivity index (χ4n) is 0. The van der Waals surface area contributed by atoms with E-state index in [1.54, 1.807) is 18.2 Å². The predicted molar refractivity (Wildman–Crippen MR) is 47.0 cm³/mol. The fourth-order valence-corrected chi connectivity index (χ4v) is 0. The summed E-state index contributed by atoms with van der Waals surface area (Å²) in [6, 6.07) is 0. The highest BCUT2D eigenvalue weighted by molar-refractivity contribution is 7.00. The van der Waals surface area contributed by atoms with E-state index in [0.29, 0.717) is 0 Å². The lowest BCUT2D eigenvalue weighted by Crippen LogP contribution is -0.489. The molecule has 0 N–H and O–H groups in total. The second-order valence-electron chi connectivity index (χ2n) is 0. The zero-order chi connectivity index (χ0) is 4.00. The normalized spacial score (nSPS) is 1.00. The lowest BCUT2D eigenvalue weighted by atomic mass is 16.0. The van der Waals surface area contributed by atoms with Gasteiger partial charge >= 0.3 is 0 Å². The fraction of sp³-hybridized carbons (Fsp3) is 0. The highest BCUT2D eigenvalue weighted by Crippen LogP contribution is 1.23. The van der Waals surface area contributed by atoms with Crippen LogP contribution in [-0.4, -0.2) is 0 Å². The van der Waals surface area contributed by atoms with Crippen LogP contribution >= 0.6 is 67.9 Å². The Balaban J connectivity index is -0.00000000167. The summed E-state index contributed by atoms with van der Waals surface area (Å²) in [7, 11) is 3.44. The van der Waals surface area contributed by atoms with E-state index >= 15 is 0 Å². The minimum atomic E-state index is 0. The molecule has 0 amide bonds. The van der Waals surface area contributed by atoms with Gasteiger partial charge < -0.3 is 0 Å². The second kappa shape index (κ2) is 245. The van der Waals surface area contributed by atoms with Crippen molar-refractivity contribution in [3.05, 3.63) is 0 Å². The average molecular weight is 242 g/mol. The van der Waals surface area contributed by atoms with Crippen molar-refractivity contribution in [3.8, 4) is 0 Å². The maximum atomic E-state index is 8.06. The molecule has 0 aromatic rings. The Morgan fingerprint density at radius 3 is 0.500 bits per heavy atom. The Labute approximate surface area is 77.1 Å². The van der Waals surface area contributed by atoms with Gasteiger partial charge in [-0.05, 0) is 0 Å². The summed E-state index contributed by atoms with van der Waals surface area (Å²) in [6.07, 6.45) is 0. The van der Waals surface area contributed by atoms with E-state index in [-0.39, 0.29) is 49.6 Å². The summed E-state index contributed by atoms with van der Waals surface area (Å²) in [5.41, 5.74) is 0. The summed E-state index contributed by atoms with van der Waals surface area (Å²) >= 11 is 0. The van der Waals surface area contributed by atoms with E-state index in [0.717, 1.165) is 0 Å². The minimum absolute atomic E-state index is 0. The Morgan fingerprint density at radius 2 is 0.500 bits per heavy atom. The lowest BCUT2D eigenvalue weighted by molar-refractivity contribution is 0.607. The summed E-state index contributed by atoms with van der Waals surface area (Å²) < 4.78 is 16.1. The summed E-state index contributed by atoms with van der Waals surface area (Å²) in [5, 5.41) is 0. The molecule has 8 heteroatoms. The summed E-state index contributed by atoms with van der Waals surface area (Å²) in [6.45, 7) is 0. The molecule has 0 rings (SSSR count). The van der Waals surface area contributed by atoms with Crippen LogP contribution in [-0.2, 0) is 9.13 Å². The van der Waals surface area contributed by atoms with E-state index in [1.165, 1.54) is 0 Å². The average Bonchev–Trinajstić information content (AvgIpc) is 1.50. The first-order valence-electron chi connectivity index (χ1n) is 0.408. The Morgan fingerprint density at radius 1 is 0.500 bits per heavy atom. The summed E-state index contributed by atoms with van der Waals surface area (Å²) in [4.78, 5) is 0. The van der Waals surface area contributed by atoms with Crippen LogP contribution in [0.25, 0.3) is 0 Å². The Hall–Kier alpha value is 1.36. The van der Waals surface area contributed by atoms with Gasteiger partial charge in [0, 0.05) is 0 Å². The van der Waals surface area contributed by atoms with Gasteiger partial charge in [0.05, 0.1) is 0 Å². The predicted octanol–water partition coefficient (Wildman–Crippen LogP) is 2.64. The van der Waals surface area contributed by atoms with Gasteiger partial charge in [-0.2, -0.15) is 0 Å². The molecule has 0 aliphatic rings. The Kier molecular flexibility index (Phi) is 1770. The molecule has 0 saturated carbocycles. The number of rotatable bonds is 0. The van der Waals surface area contributed by atoms with Crippen molar-refractivity contribution in [2.75, 3.05) is 0 Å². The molecule has 0 aromatic carbocycles. The van der Waals surface area contributed by atoms with Crippen molar-refractivity contribution in [1.29, 1.82) is 0 Å². The smallest absolute Gasteiger partial charge is 0.138 e. The van der Waals surface area contributed by atoms with Crippen LogP contribution in [0.4, 0.5) is 0 Å². The van der Waals surface area contributed by atoms with Crippen molar-refractivity contribution in [2.24, 2.45) is 0 Å². The molecule has 56 valence electrons. The minimum Gasteiger partial charge on any atom is -0.279 e. The monoisotopic (exact) mass is 240 g/mol. The number of hydrogen-bond donors (Lipinski definition) is 0. The lowest BCUT2D eigenvalue weighted by Gasteiger charge is -0.807. The van der Waals surface area contributed by atoms with Crippen LogP contribution in [0.5, 0.6) is 0 Å². The topological polar surface area (TPSA) is 34.1 Å². The molecule has 0 heterocycles. The van der Waals surface area contributed by atoms with Crippen LogP contribution in [0.3, 0.4) is 0 Å². The van der Waals surface area contributed by atoms with Crippen LogP contribution in [0.1, 0.15) is 0 Å². The zero-order valence-electron chi connectivity index (χ0n) is 3.45. The van der Waals surface area contributed by atoms with Crippen molar-refractivity contribution in [1.82, 2.24) is 0 Å². The van der Waals surface area contributed by atoms with Gasteiger partial charge in [-0.3, -0.25) is 9.13 Å². The molecule has 0 aliphatic heterocycles. The third-order valence-corrected chi connectivity index (χ3v) is 0. The van der Waals surface area contributed by atoms with E-state index in [4.69, 9.17) is 9.13 Å². The molecule has 0 aliphatic carbocycles. The maximum Gasteiger partial charge on any atom is 0.138 e. The first-order chi connectivity index (χ1) is 2.00. The first kappa shape index (κ1) is 57.9. The molecule has 0 atom stereocenters. The molecule has 0 fully saturated rings. The van der Waals surface area contributed by atoms with Crippen molar-refractivity contribution in [3.63, 3.8) is 0 Å². The third-order valence-electron chi connectivity index (χ3n) is 0. The third kappa shape index (κ3) is 161. The molecule has 0 unspecified atom stereocenters. The van der Waals surface area contributed by atoms with Gasteiger partial charge in [0.25, 0.3) is 0 Å². The molecule has 0 bridgehead atoms. The van der Waals surface area contributed by atoms with Crippen LogP contribution in [0.2, 0.25) is 0 Å². The molecule has 0 radical (unpaired) electrons. The Bertz CT molecular complexity index is 14.0. The molecule has 0 saturated heterocycles. The molecule has 0 spiro atoms. The molecular formula is H6Cl4O2P2. The van der Waals surface area contributed by atoms with Gasteiger partial charge in [0.1, 0.15) is 18.2 Å². The van der Waals surface area contributed by atoms with Gasteiger partial charge in [0.15, 0.2) is 0 Å². The number of hydrogen-bond acceptors (Lipinski definition) is 2. The summed E-state index contributed by atoms with van der Waals surface area (Å²) in [5.74, 6) is 0. The van der Waals surface area contributed by atoms with Gasteiger partial charge in [-0.1, -0.05) is 0 Å². The molecule has 0 aromatic heterocycles. The van der Waals surface area contributed by atoms with Crippen LogP contribution in [0, 0.1) is 0 Å². The van der Waals surface area contributed by atoms with E-state index in [9.17, 15) is 0 Å². The van der Waals surface area contributed by atoms with Crippen molar-refractivity contribution in [2.45, 2.75) is 0 Å². The second-order valence-corrected chi connectivity index (χ2v) is 0. The standard InChI is InChI=1S/4ClH.2HOP/c;;;;2*1-2/h4*1H;2*2H. The largest absolute Gasteiger partial charge is 0.279 e. The molecular weight excluding hydrogens is 236 g/mol. The molecule has 2 nitrogen and oxygen atoms in total. The van der Waals surface area contributed by atoms with E-state index in [2.05, 4.69) is 0 Å². The maximum absolute atomic E-state index is 8.06. The number of halogens is 4. The first-order valence-corrected chi connectivity index (χ1v) is 1.22. The van der Waals surface area contributed by atoms with Gasteiger partial charge in [-0.25, -0.2) is 0 Å². The van der Waals surface area contributed by atoms with E-state index in [1.807, 2.05) is 0 Å². The van der Waals surface area contributed by atoms with E-state index < -0.39 is 0 Å². The van der Waals surface area contributed by atoms with Crippen molar-refractivity contribution >= 4 is 67.9 Å². The van der Waals surface area contributed by atoms with Crippen LogP contribution < -0.4 is 0 Å². The SMILES string of the molecule is Cl.Cl.Cl.Cl.O=P.O=P.